The summed E-state index contributed by atoms with van der Waals surface area (Å²) in [6.07, 6.45) is 7.82. The smallest absolute Gasteiger partial charge is 0.225 e. The van der Waals surface area contributed by atoms with Gasteiger partial charge < -0.3 is 15.1 Å². The van der Waals surface area contributed by atoms with Crippen LogP contribution in [0, 0.1) is 5.92 Å². The molecule has 20 heavy (non-hydrogen) atoms. The van der Waals surface area contributed by atoms with Crippen LogP contribution in [0.5, 0.6) is 0 Å². The summed E-state index contributed by atoms with van der Waals surface area (Å²) in [5.74, 6) is 1.58. The van der Waals surface area contributed by atoms with E-state index in [1.807, 2.05) is 12.4 Å². The molecule has 0 bridgehead atoms. The summed E-state index contributed by atoms with van der Waals surface area (Å²) in [6, 6.07) is 0.733. The summed E-state index contributed by atoms with van der Waals surface area (Å²) in [4.78, 5) is 13.6. The van der Waals surface area contributed by atoms with Gasteiger partial charge in [0.1, 0.15) is 0 Å². The van der Waals surface area contributed by atoms with Crippen molar-refractivity contribution in [2.24, 2.45) is 5.92 Å². The van der Waals surface area contributed by atoms with Gasteiger partial charge in [-0.25, -0.2) is 9.97 Å². The van der Waals surface area contributed by atoms with Crippen molar-refractivity contribution in [3.05, 3.63) is 18.0 Å². The fourth-order valence-electron chi connectivity index (χ4n) is 2.83. The molecule has 0 amide bonds. The Morgan fingerprint density at radius 1 is 1.30 bits per heavy atom. The van der Waals surface area contributed by atoms with Gasteiger partial charge in [0.25, 0.3) is 0 Å². The monoisotopic (exact) mass is 275 g/mol. The molecule has 2 aliphatic rings. The van der Waals surface area contributed by atoms with Crippen LogP contribution in [0.15, 0.2) is 12.4 Å². The average molecular weight is 275 g/mol. The van der Waals surface area contributed by atoms with Crippen LogP contribution >= 0.6 is 0 Å². The topological polar surface area (TPSA) is 44.3 Å². The Morgan fingerprint density at radius 3 is 2.65 bits per heavy atom. The molecule has 110 valence electrons. The summed E-state index contributed by atoms with van der Waals surface area (Å²) in [5, 5.41) is 3.49. The third kappa shape index (κ3) is 3.67. The maximum Gasteiger partial charge on any atom is 0.225 e. The second-order valence-corrected chi connectivity index (χ2v) is 6.34. The molecule has 5 heteroatoms. The number of nitrogens with one attached hydrogen (secondary N) is 1. The predicted molar refractivity (Wildman–Crippen MR) is 80.8 cm³/mol. The molecule has 5 nitrogen and oxygen atoms in total. The quantitative estimate of drug-likeness (QED) is 0.843. The van der Waals surface area contributed by atoms with Crippen molar-refractivity contribution in [3.8, 4) is 0 Å². The van der Waals surface area contributed by atoms with Crippen molar-refractivity contribution < 1.29 is 0 Å². The molecule has 1 saturated carbocycles. The summed E-state index contributed by atoms with van der Waals surface area (Å²) in [7, 11) is 4.29. The Balaban J connectivity index is 1.50. The lowest BCUT2D eigenvalue weighted by molar-refractivity contribution is 0.395. The Morgan fingerprint density at radius 2 is 2.05 bits per heavy atom. The number of rotatable bonds is 6. The first kappa shape index (κ1) is 13.8. The van der Waals surface area contributed by atoms with E-state index in [-0.39, 0.29) is 0 Å². The molecule has 0 aromatic carbocycles. The summed E-state index contributed by atoms with van der Waals surface area (Å²) in [6.45, 7) is 4.34. The van der Waals surface area contributed by atoms with Crippen LogP contribution in [0.2, 0.25) is 0 Å². The molecular formula is C15H25N5. The third-order valence-electron chi connectivity index (χ3n) is 4.23. The van der Waals surface area contributed by atoms with Crippen LogP contribution < -0.4 is 10.2 Å². The molecule has 2 heterocycles. The highest BCUT2D eigenvalue weighted by Gasteiger charge is 2.22. The summed E-state index contributed by atoms with van der Waals surface area (Å²) >= 11 is 0. The van der Waals surface area contributed by atoms with Crippen LogP contribution in [0.1, 0.15) is 24.8 Å². The van der Waals surface area contributed by atoms with Crippen LogP contribution in [0.4, 0.5) is 5.95 Å². The van der Waals surface area contributed by atoms with Gasteiger partial charge in [0.05, 0.1) is 0 Å². The lowest BCUT2D eigenvalue weighted by Gasteiger charge is -2.21. The number of hydrogen-bond acceptors (Lipinski definition) is 5. The highest BCUT2D eigenvalue weighted by atomic mass is 15.2. The van der Waals surface area contributed by atoms with E-state index >= 15 is 0 Å². The van der Waals surface area contributed by atoms with Gasteiger partial charge in [-0.2, -0.15) is 0 Å². The van der Waals surface area contributed by atoms with E-state index in [0.717, 1.165) is 31.0 Å². The fourth-order valence-corrected chi connectivity index (χ4v) is 2.83. The zero-order valence-electron chi connectivity index (χ0n) is 12.5. The number of anilines is 1. The molecule has 1 atom stereocenters. The van der Waals surface area contributed by atoms with Crippen LogP contribution in [0.3, 0.4) is 0 Å². The number of nitrogens with zero attached hydrogens (tertiary/aromatic N) is 4. The normalized spacial score (nSPS) is 23.2. The highest BCUT2D eigenvalue weighted by Crippen LogP contribution is 2.19. The van der Waals surface area contributed by atoms with Crippen molar-refractivity contribution in [2.45, 2.75) is 31.8 Å². The first-order valence-electron chi connectivity index (χ1n) is 7.64. The minimum Gasteiger partial charge on any atom is -0.344 e. The molecule has 3 rings (SSSR count). The second kappa shape index (κ2) is 6.06. The average Bonchev–Trinajstić information content (AvgIpc) is 3.20. The maximum absolute atomic E-state index is 4.50. The number of hydrogen-bond donors (Lipinski definition) is 1. The van der Waals surface area contributed by atoms with Gasteiger partial charge in [-0.05, 0) is 38.8 Å². The van der Waals surface area contributed by atoms with Gasteiger partial charge in [0.15, 0.2) is 0 Å². The molecule has 2 fully saturated rings. The summed E-state index contributed by atoms with van der Waals surface area (Å²) < 4.78 is 0. The number of aromatic nitrogens is 2. The van der Waals surface area contributed by atoms with E-state index in [1.54, 1.807) is 0 Å². The van der Waals surface area contributed by atoms with Crippen molar-refractivity contribution in [1.29, 1.82) is 0 Å². The van der Waals surface area contributed by atoms with Gasteiger partial charge in [0.2, 0.25) is 5.95 Å². The molecule has 1 unspecified atom stereocenters. The van der Waals surface area contributed by atoms with E-state index in [1.165, 1.54) is 37.9 Å². The summed E-state index contributed by atoms with van der Waals surface area (Å²) in [5.41, 5.74) is 1.18. The maximum atomic E-state index is 4.50. The zero-order chi connectivity index (χ0) is 13.9. The van der Waals surface area contributed by atoms with Crippen LogP contribution in [0.25, 0.3) is 0 Å². The lowest BCUT2D eigenvalue weighted by Crippen LogP contribution is -2.28. The zero-order valence-corrected chi connectivity index (χ0v) is 12.5. The van der Waals surface area contributed by atoms with Crippen LogP contribution in [-0.2, 0) is 6.54 Å². The van der Waals surface area contributed by atoms with E-state index in [9.17, 15) is 0 Å². The molecule has 1 aromatic heterocycles. The Bertz CT molecular complexity index is 428. The Kier molecular flexibility index (Phi) is 4.17. The standard InChI is InChI=1S/C15H25N5/c1-19-6-5-12(10-19)11-20(2)15-17-8-13(9-18-15)7-16-14-3-4-14/h8-9,12,14,16H,3-7,10-11H2,1-2H3. The Hall–Kier alpha value is -1.20. The molecule has 1 aliphatic carbocycles. The highest BCUT2D eigenvalue weighted by molar-refractivity contribution is 5.28. The fraction of sp³-hybridized carbons (Fsp3) is 0.733. The first-order chi connectivity index (χ1) is 9.70. The third-order valence-corrected chi connectivity index (χ3v) is 4.23. The minimum absolute atomic E-state index is 0.733. The largest absolute Gasteiger partial charge is 0.344 e. The molecule has 1 N–H and O–H groups in total. The van der Waals surface area contributed by atoms with Crippen molar-refractivity contribution >= 4 is 5.95 Å². The first-order valence-corrected chi connectivity index (χ1v) is 7.64. The van der Waals surface area contributed by atoms with Gasteiger partial charge in [-0.15, -0.1) is 0 Å². The van der Waals surface area contributed by atoms with Gasteiger partial charge in [-0.1, -0.05) is 0 Å². The van der Waals surface area contributed by atoms with Crippen LogP contribution in [-0.4, -0.2) is 54.6 Å². The van der Waals surface area contributed by atoms with Crippen molar-refractivity contribution in [2.75, 3.05) is 38.6 Å². The molecular weight excluding hydrogens is 250 g/mol. The lowest BCUT2D eigenvalue weighted by atomic mass is 10.1. The molecule has 0 spiro atoms. The molecule has 1 aliphatic heterocycles. The van der Waals surface area contributed by atoms with E-state index in [4.69, 9.17) is 0 Å². The predicted octanol–water partition coefficient (Wildman–Crippen LogP) is 1.12. The molecule has 1 aromatic rings. The molecule has 1 saturated heterocycles. The van der Waals surface area contributed by atoms with E-state index in [2.05, 4.69) is 39.2 Å². The van der Waals surface area contributed by atoms with Gasteiger partial charge in [-0.3, -0.25) is 0 Å². The minimum atomic E-state index is 0.733. The van der Waals surface area contributed by atoms with Crippen molar-refractivity contribution in [3.63, 3.8) is 0 Å². The van der Waals surface area contributed by atoms with E-state index < -0.39 is 0 Å². The van der Waals surface area contributed by atoms with Gasteiger partial charge >= 0.3 is 0 Å². The second-order valence-electron chi connectivity index (χ2n) is 6.34. The number of likely N-dealkylation sites (tertiary alicyclic amines) is 1. The Labute approximate surface area is 121 Å². The SMILES string of the molecule is CN1CCC(CN(C)c2ncc(CNC3CC3)cn2)C1. The van der Waals surface area contributed by atoms with Gasteiger partial charge in [0, 0.05) is 50.7 Å². The van der Waals surface area contributed by atoms with Crippen molar-refractivity contribution in [1.82, 2.24) is 20.2 Å². The van der Waals surface area contributed by atoms with E-state index in [0.29, 0.717) is 0 Å². The molecule has 0 radical (unpaired) electrons.